The molecule has 1 aromatic heterocycles. The molecule has 1 aliphatic heterocycles. The van der Waals surface area contributed by atoms with Gasteiger partial charge in [0.1, 0.15) is 0 Å². The number of aromatic nitrogens is 2. The molecular weight excluding hydrogens is 256 g/mol. The Kier molecular flexibility index (Phi) is 2.82. The molecule has 0 amide bonds. The summed E-state index contributed by atoms with van der Waals surface area (Å²) < 4.78 is 7.56. The summed E-state index contributed by atoms with van der Waals surface area (Å²) in [7, 11) is 0. The van der Waals surface area contributed by atoms with E-state index in [0.29, 0.717) is 17.8 Å². The third-order valence-corrected chi connectivity index (χ3v) is 4.79. The molecule has 6 nitrogen and oxygen atoms in total. The molecular formula is C14H20N4O2. The van der Waals surface area contributed by atoms with Crippen molar-refractivity contribution in [3.05, 3.63) is 22.7 Å². The first-order chi connectivity index (χ1) is 9.75. The normalized spacial score (nSPS) is 36.0. The predicted molar refractivity (Wildman–Crippen MR) is 74.6 cm³/mol. The van der Waals surface area contributed by atoms with Gasteiger partial charge in [-0.1, -0.05) is 0 Å². The fourth-order valence-corrected chi connectivity index (χ4v) is 3.45. The van der Waals surface area contributed by atoms with E-state index in [2.05, 4.69) is 10.3 Å². The number of nitrogens with two attached hydrogens (primary N) is 1. The van der Waals surface area contributed by atoms with E-state index in [9.17, 15) is 4.79 Å². The number of anilines is 1. The summed E-state index contributed by atoms with van der Waals surface area (Å²) in [5.41, 5.74) is 6.17. The summed E-state index contributed by atoms with van der Waals surface area (Å²) in [6.45, 7) is 0.792. The molecule has 4 rings (SSSR count). The molecule has 0 spiro atoms. The van der Waals surface area contributed by atoms with Crippen LogP contribution >= 0.6 is 0 Å². The highest BCUT2D eigenvalue weighted by Crippen LogP contribution is 2.38. The minimum absolute atomic E-state index is 0.00977. The average Bonchev–Trinajstić information content (AvgIpc) is 3.30. The fourth-order valence-electron chi connectivity index (χ4n) is 3.45. The SMILES string of the molecule is NC1C2CCCOC2C1Nc1nccn(C2CC2)c1=O. The monoisotopic (exact) mass is 276 g/mol. The Morgan fingerprint density at radius 2 is 2.25 bits per heavy atom. The standard InChI is InChI=1S/C14H20N4O2/c15-10-9-2-1-7-20-12(9)11(10)17-13-14(19)18(6-5-16-13)8-3-4-8/h5-6,8-12H,1-4,7,15H2,(H,16,17). The Bertz CT molecular complexity index is 569. The van der Waals surface area contributed by atoms with Gasteiger partial charge in [-0.2, -0.15) is 0 Å². The Morgan fingerprint density at radius 1 is 1.40 bits per heavy atom. The van der Waals surface area contributed by atoms with Crippen molar-refractivity contribution in [1.29, 1.82) is 0 Å². The van der Waals surface area contributed by atoms with Crippen LogP contribution in [0.4, 0.5) is 5.82 Å². The lowest BCUT2D eigenvalue weighted by atomic mass is 9.68. The lowest BCUT2D eigenvalue weighted by Gasteiger charge is -2.52. The third kappa shape index (κ3) is 1.86. The number of nitrogens with zero attached hydrogens (tertiary/aromatic N) is 2. The van der Waals surface area contributed by atoms with E-state index in [4.69, 9.17) is 10.5 Å². The summed E-state index contributed by atoms with van der Waals surface area (Å²) in [4.78, 5) is 16.5. The van der Waals surface area contributed by atoms with Crippen LogP contribution in [0.15, 0.2) is 17.2 Å². The molecule has 0 bridgehead atoms. The summed E-state index contributed by atoms with van der Waals surface area (Å²) >= 11 is 0. The maximum absolute atomic E-state index is 12.3. The molecule has 20 heavy (non-hydrogen) atoms. The lowest BCUT2D eigenvalue weighted by molar-refractivity contribution is -0.104. The molecule has 108 valence electrons. The average molecular weight is 276 g/mol. The van der Waals surface area contributed by atoms with Crippen molar-refractivity contribution in [2.24, 2.45) is 11.7 Å². The van der Waals surface area contributed by atoms with Crippen LogP contribution in [0.25, 0.3) is 0 Å². The van der Waals surface area contributed by atoms with Crippen LogP contribution in [0.5, 0.6) is 0 Å². The molecule has 2 heterocycles. The number of ether oxygens (including phenoxy) is 1. The highest BCUT2D eigenvalue weighted by atomic mass is 16.5. The second-order valence-corrected chi connectivity index (χ2v) is 6.11. The van der Waals surface area contributed by atoms with Gasteiger partial charge in [-0.05, 0) is 25.7 Å². The van der Waals surface area contributed by atoms with Gasteiger partial charge in [0.05, 0.1) is 12.1 Å². The van der Waals surface area contributed by atoms with Crippen LogP contribution in [0.3, 0.4) is 0 Å². The molecule has 3 fully saturated rings. The zero-order valence-electron chi connectivity index (χ0n) is 11.4. The molecule has 1 aromatic rings. The molecule has 0 aromatic carbocycles. The maximum Gasteiger partial charge on any atom is 0.293 e. The van der Waals surface area contributed by atoms with Gasteiger partial charge < -0.3 is 20.4 Å². The molecule has 3 aliphatic rings. The van der Waals surface area contributed by atoms with Crippen molar-refractivity contribution < 1.29 is 4.74 Å². The van der Waals surface area contributed by atoms with E-state index < -0.39 is 0 Å². The van der Waals surface area contributed by atoms with Gasteiger partial charge in [-0.15, -0.1) is 0 Å². The Morgan fingerprint density at radius 3 is 3.05 bits per heavy atom. The first-order valence-electron chi connectivity index (χ1n) is 7.46. The number of rotatable bonds is 3. The minimum atomic E-state index is -0.0403. The quantitative estimate of drug-likeness (QED) is 0.840. The molecule has 2 aliphatic carbocycles. The van der Waals surface area contributed by atoms with Gasteiger partial charge in [0.15, 0.2) is 5.82 Å². The Labute approximate surface area is 117 Å². The smallest absolute Gasteiger partial charge is 0.293 e. The van der Waals surface area contributed by atoms with Gasteiger partial charge in [0.2, 0.25) is 0 Å². The minimum Gasteiger partial charge on any atom is -0.376 e. The van der Waals surface area contributed by atoms with Crippen molar-refractivity contribution in [3.8, 4) is 0 Å². The number of fused-ring (bicyclic) bond motifs is 1. The lowest BCUT2D eigenvalue weighted by Crippen LogP contribution is -2.69. The van der Waals surface area contributed by atoms with Crippen molar-refractivity contribution in [3.63, 3.8) is 0 Å². The summed E-state index contributed by atoms with van der Waals surface area (Å²) in [5, 5.41) is 3.22. The van der Waals surface area contributed by atoms with Crippen molar-refractivity contribution in [2.75, 3.05) is 11.9 Å². The summed E-state index contributed by atoms with van der Waals surface area (Å²) in [6.07, 6.45) is 7.96. The second kappa shape index (κ2) is 4.56. The van der Waals surface area contributed by atoms with Gasteiger partial charge in [0.25, 0.3) is 5.56 Å². The van der Waals surface area contributed by atoms with E-state index in [0.717, 1.165) is 32.3 Å². The maximum atomic E-state index is 12.3. The van der Waals surface area contributed by atoms with Crippen LogP contribution in [-0.2, 0) is 4.74 Å². The van der Waals surface area contributed by atoms with Crippen molar-refractivity contribution >= 4 is 5.82 Å². The zero-order chi connectivity index (χ0) is 13.7. The highest BCUT2D eigenvalue weighted by Gasteiger charge is 2.50. The molecule has 3 N–H and O–H groups in total. The summed E-state index contributed by atoms with van der Waals surface area (Å²) in [6, 6.07) is 0.423. The van der Waals surface area contributed by atoms with E-state index in [1.54, 1.807) is 17.0 Å². The van der Waals surface area contributed by atoms with E-state index >= 15 is 0 Å². The highest BCUT2D eigenvalue weighted by molar-refractivity contribution is 5.36. The topological polar surface area (TPSA) is 82.2 Å². The van der Waals surface area contributed by atoms with Gasteiger partial charge in [0, 0.05) is 37.0 Å². The Hall–Kier alpha value is -1.40. The van der Waals surface area contributed by atoms with Gasteiger partial charge in [-0.25, -0.2) is 4.98 Å². The largest absolute Gasteiger partial charge is 0.376 e. The van der Waals surface area contributed by atoms with Crippen molar-refractivity contribution in [1.82, 2.24) is 9.55 Å². The van der Waals surface area contributed by atoms with Crippen LogP contribution in [-0.4, -0.2) is 34.3 Å². The molecule has 0 radical (unpaired) electrons. The first kappa shape index (κ1) is 12.3. The fraction of sp³-hybridized carbons (Fsp3) is 0.714. The van der Waals surface area contributed by atoms with E-state index in [1.807, 2.05) is 0 Å². The predicted octanol–water partition coefficient (Wildman–Crippen LogP) is 0.495. The molecule has 1 saturated heterocycles. The molecule has 6 heteroatoms. The van der Waals surface area contributed by atoms with Crippen LogP contribution in [0, 0.1) is 5.92 Å². The van der Waals surface area contributed by atoms with Gasteiger partial charge >= 0.3 is 0 Å². The number of hydrogen-bond acceptors (Lipinski definition) is 5. The second-order valence-electron chi connectivity index (χ2n) is 6.11. The zero-order valence-corrected chi connectivity index (χ0v) is 11.4. The third-order valence-electron chi connectivity index (χ3n) is 4.79. The first-order valence-corrected chi connectivity index (χ1v) is 7.46. The molecule has 2 saturated carbocycles. The van der Waals surface area contributed by atoms with E-state index in [-0.39, 0.29) is 23.7 Å². The van der Waals surface area contributed by atoms with Crippen LogP contribution < -0.4 is 16.6 Å². The number of hydrogen-bond donors (Lipinski definition) is 2. The number of nitrogens with one attached hydrogen (secondary N) is 1. The van der Waals surface area contributed by atoms with Gasteiger partial charge in [-0.3, -0.25) is 4.79 Å². The Balaban J connectivity index is 1.54. The molecule has 4 unspecified atom stereocenters. The van der Waals surface area contributed by atoms with Crippen LogP contribution in [0.1, 0.15) is 31.7 Å². The van der Waals surface area contributed by atoms with E-state index in [1.165, 1.54) is 0 Å². The van der Waals surface area contributed by atoms with Crippen molar-refractivity contribution in [2.45, 2.75) is 49.9 Å². The summed E-state index contributed by atoms with van der Waals surface area (Å²) in [5.74, 6) is 0.836. The van der Waals surface area contributed by atoms with Crippen LogP contribution in [0.2, 0.25) is 0 Å². The molecule has 4 atom stereocenters.